The molecule has 31 heavy (non-hydrogen) atoms. The summed E-state index contributed by atoms with van der Waals surface area (Å²) >= 11 is 1.75. The first kappa shape index (κ1) is 22.5. The van der Waals surface area contributed by atoms with Crippen LogP contribution in [0.3, 0.4) is 0 Å². The molecule has 2 aromatic heterocycles. The quantitative estimate of drug-likeness (QED) is 0.652. The molecule has 1 saturated heterocycles. The van der Waals surface area contributed by atoms with Gasteiger partial charge in [0.05, 0.1) is 4.88 Å². The summed E-state index contributed by atoms with van der Waals surface area (Å²) in [7, 11) is 2.01. The number of pyridine rings is 1. The predicted octanol–water partition coefficient (Wildman–Crippen LogP) is 5.07. The van der Waals surface area contributed by atoms with Crippen molar-refractivity contribution in [2.75, 3.05) is 26.7 Å². The fraction of sp³-hybridized carbons (Fsp3) is 0.615. The molecule has 1 atom stereocenters. The van der Waals surface area contributed by atoms with Crippen LogP contribution < -0.4 is 0 Å². The summed E-state index contributed by atoms with van der Waals surface area (Å²) in [5.41, 5.74) is 2.93. The van der Waals surface area contributed by atoms with Crippen molar-refractivity contribution in [3.05, 3.63) is 51.5 Å². The molecule has 1 aliphatic heterocycles. The van der Waals surface area contributed by atoms with Crippen LogP contribution >= 0.6 is 11.3 Å². The smallest absolute Gasteiger partial charge is 0.263 e. The molecule has 0 bridgehead atoms. The Kier molecular flexibility index (Phi) is 6.83. The molecule has 2 aliphatic rings. The molecule has 0 N–H and O–H groups in total. The van der Waals surface area contributed by atoms with E-state index < -0.39 is 0 Å². The van der Waals surface area contributed by atoms with Crippen LogP contribution in [-0.4, -0.2) is 53.4 Å². The van der Waals surface area contributed by atoms with E-state index in [-0.39, 0.29) is 5.91 Å². The van der Waals surface area contributed by atoms with Gasteiger partial charge in [-0.25, -0.2) is 0 Å². The Morgan fingerprint density at radius 2 is 2.00 bits per heavy atom. The minimum Gasteiger partial charge on any atom is -0.338 e. The lowest BCUT2D eigenvalue weighted by Crippen LogP contribution is -2.45. The summed E-state index contributed by atoms with van der Waals surface area (Å²) in [6, 6.07) is 8.68. The summed E-state index contributed by atoms with van der Waals surface area (Å²) in [6.45, 7) is 10.2. The van der Waals surface area contributed by atoms with E-state index in [0.29, 0.717) is 17.4 Å². The number of hydrogen-bond donors (Lipinski definition) is 0. The SMILES string of the molecule is CN(C(=O)c1cc2c(s1)CCC(C(C)(C)C)C2)C1CCN(CCc2ccccn2)CC1. The highest BCUT2D eigenvalue weighted by Gasteiger charge is 2.32. The van der Waals surface area contributed by atoms with Crippen molar-refractivity contribution in [3.63, 3.8) is 0 Å². The van der Waals surface area contributed by atoms with Gasteiger partial charge in [-0.3, -0.25) is 9.78 Å². The maximum absolute atomic E-state index is 13.2. The van der Waals surface area contributed by atoms with E-state index in [0.717, 1.165) is 62.3 Å². The minimum absolute atomic E-state index is 0.221. The maximum Gasteiger partial charge on any atom is 0.263 e. The summed E-state index contributed by atoms with van der Waals surface area (Å²) in [5.74, 6) is 0.935. The lowest BCUT2D eigenvalue weighted by molar-refractivity contribution is 0.0648. The Morgan fingerprint density at radius 1 is 1.23 bits per heavy atom. The summed E-state index contributed by atoms with van der Waals surface area (Å²) < 4.78 is 0. The van der Waals surface area contributed by atoms with Crippen molar-refractivity contribution in [3.8, 4) is 0 Å². The normalized spacial score (nSPS) is 20.5. The number of piperidine rings is 1. The van der Waals surface area contributed by atoms with Crippen LogP contribution in [0.5, 0.6) is 0 Å². The number of thiophene rings is 1. The van der Waals surface area contributed by atoms with Crippen molar-refractivity contribution in [1.29, 1.82) is 0 Å². The Bertz CT molecular complexity index is 878. The molecule has 4 nitrogen and oxygen atoms in total. The van der Waals surface area contributed by atoms with E-state index in [9.17, 15) is 4.79 Å². The van der Waals surface area contributed by atoms with Crippen LogP contribution in [-0.2, 0) is 19.3 Å². The molecule has 0 aromatic carbocycles. The van der Waals surface area contributed by atoms with E-state index in [4.69, 9.17) is 0 Å². The molecule has 3 heterocycles. The number of carbonyl (C=O) groups excluding carboxylic acids is 1. The van der Waals surface area contributed by atoms with Gasteiger partial charge in [-0.2, -0.15) is 0 Å². The van der Waals surface area contributed by atoms with Gasteiger partial charge in [0, 0.05) is 55.9 Å². The number of amides is 1. The van der Waals surface area contributed by atoms with Gasteiger partial charge >= 0.3 is 0 Å². The lowest BCUT2D eigenvalue weighted by Gasteiger charge is -2.36. The van der Waals surface area contributed by atoms with Crippen LogP contribution in [0.2, 0.25) is 0 Å². The van der Waals surface area contributed by atoms with E-state index in [2.05, 4.69) is 48.9 Å². The number of carbonyl (C=O) groups is 1. The van der Waals surface area contributed by atoms with Crippen LogP contribution in [0.1, 0.15) is 65.8 Å². The highest BCUT2D eigenvalue weighted by molar-refractivity contribution is 7.14. The Hall–Kier alpha value is -1.72. The zero-order chi connectivity index (χ0) is 22.0. The topological polar surface area (TPSA) is 36.4 Å². The molecule has 1 unspecified atom stereocenters. The maximum atomic E-state index is 13.2. The van der Waals surface area contributed by atoms with Crippen molar-refractivity contribution in [2.45, 2.75) is 65.3 Å². The second kappa shape index (κ2) is 9.41. The fourth-order valence-electron chi connectivity index (χ4n) is 5.06. The highest BCUT2D eigenvalue weighted by Crippen LogP contribution is 2.40. The van der Waals surface area contributed by atoms with E-state index in [1.807, 2.05) is 24.2 Å². The summed E-state index contributed by atoms with van der Waals surface area (Å²) in [4.78, 5) is 24.6. The van der Waals surface area contributed by atoms with Gasteiger partial charge in [0.15, 0.2) is 0 Å². The molecule has 2 aromatic rings. The predicted molar refractivity (Wildman–Crippen MR) is 129 cm³/mol. The Morgan fingerprint density at radius 3 is 2.68 bits per heavy atom. The lowest BCUT2D eigenvalue weighted by atomic mass is 9.72. The second-order valence-electron chi connectivity index (χ2n) is 10.4. The number of fused-ring (bicyclic) bond motifs is 1. The number of likely N-dealkylation sites (tertiary alicyclic amines) is 1. The van der Waals surface area contributed by atoms with E-state index >= 15 is 0 Å². The van der Waals surface area contributed by atoms with Crippen LogP contribution in [0.4, 0.5) is 0 Å². The van der Waals surface area contributed by atoms with Gasteiger partial charge in [-0.15, -0.1) is 11.3 Å². The fourth-order valence-corrected chi connectivity index (χ4v) is 6.25. The number of hydrogen-bond acceptors (Lipinski definition) is 4. The van der Waals surface area contributed by atoms with Gasteiger partial charge in [-0.05, 0) is 67.2 Å². The molecule has 4 rings (SSSR count). The molecule has 0 spiro atoms. The molecule has 0 radical (unpaired) electrons. The first-order valence-electron chi connectivity index (χ1n) is 11.8. The number of rotatable bonds is 5. The average Bonchev–Trinajstić information content (AvgIpc) is 3.20. The summed E-state index contributed by atoms with van der Waals surface area (Å²) in [5, 5.41) is 0. The molecule has 168 valence electrons. The van der Waals surface area contributed by atoms with Crippen molar-refractivity contribution >= 4 is 17.2 Å². The number of aryl methyl sites for hydroxylation is 1. The van der Waals surface area contributed by atoms with Crippen molar-refractivity contribution in [2.24, 2.45) is 11.3 Å². The van der Waals surface area contributed by atoms with Crippen LogP contribution in [0, 0.1) is 11.3 Å². The van der Waals surface area contributed by atoms with E-state index in [1.165, 1.54) is 16.9 Å². The van der Waals surface area contributed by atoms with Gasteiger partial charge in [0.1, 0.15) is 0 Å². The standard InChI is InChI=1S/C26H37N3OS/c1-26(2,3)20-8-9-23-19(17-20)18-24(31-23)25(30)28(4)22-11-15-29(16-12-22)14-10-21-7-5-6-13-27-21/h5-7,13,18,20,22H,8-12,14-17H2,1-4H3. The second-order valence-corrected chi connectivity index (χ2v) is 11.6. The zero-order valence-electron chi connectivity index (χ0n) is 19.6. The van der Waals surface area contributed by atoms with Crippen LogP contribution in [0.15, 0.2) is 30.5 Å². The largest absolute Gasteiger partial charge is 0.338 e. The minimum atomic E-state index is 0.221. The molecule has 1 amide bonds. The van der Waals surface area contributed by atoms with Crippen molar-refractivity contribution < 1.29 is 4.79 Å². The third kappa shape index (κ3) is 5.38. The average molecular weight is 440 g/mol. The monoisotopic (exact) mass is 439 g/mol. The zero-order valence-corrected chi connectivity index (χ0v) is 20.4. The summed E-state index contributed by atoms with van der Waals surface area (Å²) in [6.07, 6.45) is 8.49. The third-order valence-electron chi connectivity index (χ3n) is 7.35. The first-order chi connectivity index (χ1) is 14.8. The number of aromatic nitrogens is 1. The van der Waals surface area contributed by atoms with Gasteiger partial charge < -0.3 is 9.80 Å². The van der Waals surface area contributed by atoms with Crippen LogP contribution in [0.25, 0.3) is 0 Å². The molecular weight excluding hydrogens is 402 g/mol. The van der Waals surface area contributed by atoms with E-state index in [1.54, 1.807) is 11.3 Å². The molecule has 1 fully saturated rings. The molecule has 5 heteroatoms. The first-order valence-corrected chi connectivity index (χ1v) is 12.6. The van der Waals surface area contributed by atoms with Gasteiger partial charge in [0.2, 0.25) is 0 Å². The third-order valence-corrected chi connectivity index (χ3v) is 8.58. The Labute approximate surface area is 191 Å². The number of nitrogens with zero attached hydrogens (tertiary/aromatic N) is 3. The molecule has 0 saturated carbocycles. The molecular formula is C26H37N3OS. The van der Waals surface area contributed by atoms with Gasteiger partial charge in [-0.1, -0.05) is 26.8 Å². The van der Waals surface area contributed by atoms with Crippen molar-refractivity contribution in [1.82, 2.24) is 14.8 Å². The highest BCUT2D eigenvalue weighted by atomic mass is 32.1. The Balaban J connectivity index is 1.30. The molecule has 1 aliphatic carbocycles. The van der Waals surface area contributed by atoms with Gasteiger partial charge in [0.25, 0.3) is 5.91 Å².